The minimum atomic E-state index is 0.0465. The lowest BCUT2D eigenvalue weighted by molar-refractivity contribution is 0.792. The van der Waals surface area contributed by atoms with Crippen LogP contribution in [0.2, 0.25) is 5.02 Å². The molecule has 6 heteroatoms. The highest BCUT2D eigenvalue weighted by Gasteiger charge is 2.32. The predicted octanol–water partition coefficient (Wildman–Crippen LogP) is 5.93. The summed E-state index contributed by atoms with van der Waals surface area (Å²) in [7, 11) is 0. The maximum absolute atomic E-state index is 6.76. The Kier molecular flexibility index (Phi) is 4.94. The number of hydrogen-bond donors (Lipinski definition) is 1. The predicted molar refractivity (Wildman–Crippen MR) is 126 cm³/mol. The van der Waals surface area contributed by atoms with Crippen LogP contribution in [0, 0.1) is 6.92 Å². The van der Waals surface area contributed by atoms with Gasteiger partial charge in [-0.25, -0.2) is 9.97 Å². The maximum Gasteiger partial charge on any atom is 0.149 e. The SMILES string of the molecule is CCc1c(C(C)c2nc(C3CC3)c3c(N)nccn23)cc(Cl)c(C)c1-c1cccnc1. The fourth-order valence-corrected chi connectivity index (χ4v) is 4.90. The van der Waals surface area contributed by atoms with Crippen LogP contribution in [0.15, 0.2) is 43.0 Å². The number of nitrogens with zero attached hydrogens (tertiary/aromatic N) is 4. The van der Waals surface area contributed by atoms with Crippen LogP contribution in [0.1, 0.15) is 66.7 Å². The van der Waals surface area contributed by atoms with Crippen molar-refractivity contribution < 1.29 is 0 Å². The molecule has 1 aromatic carbocycles. The number of pyridine rings is 1. The third-order valence-electron chi connectivity index (χ3n) is 6.42. The Morgan fingerprint density at radius 1 is 1.29 bits per heavy atom. The number of halogens is 1. The smallest absolute Gasteiger partial charge is 0.149 e. The normalized spacial score (nSPS) is 14.8. The Morgan fingerprint density at radius 3 is 2.77 bits per heavy atom. The number of fused-ring (bicyclic) bond motifs is 1. The van der Waals surface area contributed by atoms with Gasteiger partial charge >= 0.3 is 0 Å². The Balaban J connectivity index is 1.73. The van der Waals surface area contributed by atoms with E-state index in [0.717, 1.165) is 52.4 Å². The summed E-state index contributed by atoms with van der Waals surface area (Å²) in [6.07, 6.45) is 10.7. The number of hydrogen-bond acceptors (Lipinski definition) is 4. The van der Waals surface area contributed by atoms with E-state index < -0.39 is 0 Å². The third-order valence-corrected chi connectivity index (χ3v) is 6.82. The second-order valence-corrected chi connectivity index (χ2v) is 8.81. The molecule has 5 rings (SSSR count). The van der Waals surface area contributed by atoms with Gasteiger partial charge in [-0.05, 0) is 60.6 Å². The summed E-state index contributed by atoms with van der Waals surface area (Å²) < 4.78 is 2.12. The molecule has 1 aliphatic carbocycles. The average molecular weight is 432 g/mol. The fraction of sp³-hybridized carbons (Fsp3) is 0.320. The molecule has 3 heterocycles. The van der Waals surface area contributed by atoms with E-state index >= 15 is 0 Å². The van der Waals surface area contributed by atoms with Crippen LogP contribution in [-0.4, -0.2) is 19.4 Å². The van der Waals surface area contributed by atoms with Crippen molar-refractivity contribution in [3.63, 3.8) is 0 Å². The van der Waals surface area contributed by atoms with Crippen LogP contribution in [0.3, 0.4) is 0 Å². The van der Waals surface area contributed by atoms with Gasteiger partial charge < -0.3 is 5.73 Å². The van der Waals surface area contributed by atoms with Gasteiger partial charge in [-0.2, -0.15) is 0 Å². The lowest BCUT2D eigenvalue weighted by atomic mass is 9.85. The van der Waals surface area contributed by atoms with E-state index in [9.17, 15) is 0 Å². The first-order valence-electron chi connectivity index (χ1n) is 10.9. The Labute approximate surface area is 187 Å². The van der Waals surface area contributed by atoms with E-state index in [2.05, 4.69) is 47.3 Å². The van der Waals surface area contributed by atoms with Crippen LogP contribution >= 0.6 is 11.6 Å². The van der Waals surface area contributed by atoms with Crippen molar-refractivity contribution in [3.8, 4) is 11.1 Å². The number of rotatable bonds is 5. The Bertz CT molecular complexity index is 1270. The van der Waals surface area contributed by atoms with Crippen molar-refractivity contribution in [1.29, 1.82) is 0 Å². The van der Waals surface area contributed by atoms with Crippen molar-refractivity contribution in [1.82, 2.24) is 19.4 Å². The molecule has 1 fully saturated rings. The molecular formula is C25H26ClN5. The summed E-state index contributed by atoms with van der Waals surface area (Å²) in [5.74, 6) is 2.06. The van der Waals surface area contributed by atoms with Gasteiger partial charge in [-0.15, -0.1) is 0 Å². The molecule has 158 valence electrons. The van der Waals surface area contributed by atoms with Gasteiger partial charge in [0.1, 0.15) is 17.2 Å². The zero-order valence-corrected chi connectivity index (χ0v) is 18.8. The molecule has 4 aromatic rings. The molecule has 1 atom stereocenters. The third kappa shape index (κ3) is 3.28. The highest BCUT2D eigenvalue weighted by Crippen LogP contribution is 2.44. The first-order valence-corrected chi connectivity index (χ1v) is 11.2. The summed E-state index contributed by atoms with van der Waals surface area (Å²) in [4.78, 5) is 13.8. The lowest BCUT2D eigenvalue weighted by Crippen LogP contribution is -2.08. The maximum atomic E-state index is 6.76. The van der Waals surface area contributed by atoms with Crippen molar-refractivity contribution >= 4 is 22.9 Å². The molecule has 3 aromatic heterocycles. The van der Waals surface area contributed by atoms with E-state index in [-0.39, 0.29) is 5.92 Å². The van der Waals surface area contributed by atoms with Gasteiger partial charge in [-0.1, -0.05) is 31.5 Å². The zero-order chi connectivity index (χ0) is 21.7. The molecule has 0 amide bonds. The summed E-state index contributed by atoms with van der Waals surface area (Å²) in [6, 6.07) is 6.18. The Hall–Kier alpha value is -2.92. The molecule has 0 spiro atoms. The van der Waals surface area contributed by atoms with Crippen LogP contribution in [0.25, 0.3) is 16.6 Å². The summed E-state index contributed by atoms with van der Waals surface area (Å²) >= 11 is 6.76. The van der Waals surface area contributed by atoms with E-state index in [1.165, 1.54) is 16.7 Å². The number of aromatic nitrogens is 4. The van der Waals surface area contributed by atoms with Crippen LogP contribution < -0.4 is 5.73 Å². The summed E-state index contributed by atoms with van der Waals surface area (Å²) in [5, 5.41) is 0.766. The molecule has 2 N–H and O–H groups in total. The van der Waals surface area contributed by atoms with Crippen molar-refractivity contribution in [2.75, 3.05) is 5.73 Å². The quantitative estimate of drug-likeness (QED) is 0.425. The van der Waals surface area contributed by atoms with Crippen LogP contribution in [0.4, 0.5) is 5.82 Å². The molecule has 0 saturated heterocycles. The number of benzene rings is 1. The largest absolute Gasteiger partial charge is 0.382 e. The molecule has 1 aliphatic rings. The van der Waals surface area contributed by atoms with E-state index in [4.69, 9.17) is 22.3 Å². The van der Waals surface area contributed by atoms with Gasteiger partial charge in [0, 0.05) is 47.2 Å². The number of anilines is 1. The van der Waals surface area contributed by atoms with E-state index in [0.29, 0.717) is 11.7 Å². The minimum Gasteiger partial charge on any atom is -0.382 e. The van der Waals surface area contributed by atoms with Crippen molar-refractivity contribution in [2.24, 2.45) is 0 Å². The number of nitrogen functional groups attached to an aromatic ring is 1. The first kappa shape index (κ1) is 20.0. The molecule has 5 nitrogen and oxygen atoms in total. The van der Waals surface area contributed by atoms with Gasteiger partial charge in [-0.3, -0.25) is 9.38 Å². The number of nitrogens with two attached hydrogens (primary N) is 1. The standard InChI is InChI=1S/C25H26ClN5/c1-4-18-19(12-20(26)15(3)21(18)17-6-5-9-28-13-17)14(2)25-30-22(16-7-8-16)23-24(27)29-10-11-31(23)25/h5-6,9-14,16H,4,7-8H2,1-3H3,(H2,27,29). The number of imidazole rings is 1. The first-order chi connectivity index (χ1) is 15.0. The van der Waals surface area contributed by atoms with E-state index in [1.54, 1.807) is 12.4 Å². The highest BCUT2D eigenvalue weighted by molar-refractivity contribution is 6.32. The Morgan fingerprint density at radius 2 is 2.10 bits per heavy atom. The van der Waals surface area contributed by atoms with Gasteiger partial charge in [0.15, 0.2) is 0 Å². The van der Waals surface area contributed by atoms with Crippen LogP contribution in [-0.2, 0) is 6.42 Å². The van der Waals surface area contributed by atoms with Crippen LogP contribution in [0.5, 0.6) is 0 Å². The molecule has 0 radical (unpaired) electrons. The zero-order valence-electron chi connectivity index (χ0n) is 18.1. The van der Waals surface area contributed by atoms with E-state index in [1.807, 2.05) is 18.5 Å². The monoisotopic (exact) mass is 431 g/mol. The van der Waals surface area contributed by atoms with Crippen molar-refractivity contribution in [3.05, 3.63) is 76.2 Å². The molecular weight excluding hydrogens is 406 g/mol. The molecule has 31 heavy (non-hydrogen) atoms. The minimum absolute atomic E-state index is 0.0465. The summed E-state index contributed by atoms with van der Waals surface area (Å²) in [6.45, 7) is 6.48. The molecule has 0 aliphatic heterocycles. The van der Waals surface area contributed by atoms with Crippen molar-refractivity contribution in [2.45, 2.75) is 51.9 Å². The molecule has 0 bridgehead atoms. The van der Waals surface area contributed by atoms with Gasteiger partial charge in [0.2, 0.25) is 0 Å². The molecule has 1 unspecified atom stereocenters. The molecule has 1 saturated carbocycles. The van der Waals surface area contributed by atoms with Gasteiger partial charge in [0.25, 0.3) is 0 Å². The second-order valence-electron chi connectivity index (χ2n) is 8.40. The topological polar surface area (TPSA) is 69.1 Å². The average Bonchev–Trinajstić information content (AvgIpc) is 3.55. The second kappa shape index (κ2) is 7.65. The summed E-state index contributed by atoms with van der Waals surface area (Å²) in [5.41, 5.74) is 14.1. The fourth-order valence-electron chi connectivity index (χ4n) is 4.69. The lowest BCUT2D eigenvalue weighted by Gasteiger charge is -2.22. The highest BCUT2D eigenvalue weighted by atomic mass is 35.5. The van der Waals surface area contributed by atoms with Gasteiger partial charge in [0.05, 0.1) is 5.69 Å².